The molecule has 0 atom stereocenters. The zero-order valence-corrected chi connectivity index (χ0v) is 18.2. The first kappa shape index (κ1) is 26.2. The number of carbonyl (C=O) groups is 2. The second-order valence-electron chi connectivity index (χ2n) is 5.31. The molecule has 4 rings (SSSR count). The molecule has 0 N–H and O–H groups in total. The van der Waals surface area contributed by atoms with Crippen molar-refractivity contribution in [1.82, 2.24) is 0 Å². The summed E-state index contributed by atoms with van der Waals surface area (Å²) in [5.41, 5.74) is 0.440. The minimum atomic E-state index is -1.13. The topological polar surface area (TPSA) is 80.3 Å². The average molecular weight is 464 g/mol. The SMILES string of the molecule is O=C([O-])c1ccccc1.O=C([O-])c1ccccc1.[C-]1=CC=CC1.[C-]1=CC=CC1.[Zr+2]. The summed E-state index contributed by atoms with van der Waals surface area (Å²) in [4.78, 5) is 20.2. The molecule has 4 nitrogen and oxygen atoms in total. The minimum Gasteiger partial charge on any atom is -0.545 e. The predicted molar refractivity (Wildman–Crippen MR) is 105 cm³/mol. The molecule has 0 spiro atoms. The summed E-state index contributed by atoms with van der Waals surface area (Å²) >= 11 is 0. The summed E-state index contributed by atoms with van der Waals surface area (Å²) in [6, 6.07) is 16.1. The van der Waals surface area contributed by atoms with Crippen LogP contribution in [0.5, 0.6) is 0 Å². The predicted octanol–water partition coefficient (Wildman–Crippen LogP) is 2.71. The Balaban J connectivity index is 0.000000369. The number of aromatic carboxylic acids is 2. The number of carboxylic acids is 2. The van der Waals surface area contributed by atoms with Crippen molar-refractivity contribution in [2.24, 2.45) is 0 Å². The second-order valence-corrected chi connectivity index (χ2v) is 5.31. The Morgan fingerprint density at radius 3 is 1.14 bits per heavy atom. The number of benzene rings is 2. The van der Waals surface area contributed by atoms with Gasteiger partial charge in [0.05, 0.1) is 11.9 Å². The van der Waals surface area contributed by atoms with Crippen LogP contribution in [0.4, 0.5) is 0 Å². The van der Waals surface area contributed by atoms with E-state index in [4.69, 9.17) is 0 Å². The van der Waals surface area contributed by atoms with E-state index in [0.29, 0.717) is 0 Å². The average Bonchev–Trinajstić information content (AvgIpc) is 3.48. The largest absolute Gasteiger partial charge is 2.00 e. The Kier molecular flexibility index (Phi) is 15.7. The van der Waals surface area contributed by atoms with Gasteiger partial charge in [0.15, 0.2) is 0 Å². The molecule has 0 unspecified atom stereocenters. The molecule has 29 heavy (non-hydrogen) atoms. The van der Waals surface area contributed by atoms with Crippen molar-refractivity contribution in [1.29, 1.82) is 0 Å². The number of hydrogen-bond donors (Lipinski definition) is 0. The maximum absolute atomic E-state index is 10.1. The van der Waals surface area contributed by atoms with Gasteiger partial charge in [0, 0.05) is 0 Å². The van der Waals surface area contributed by atoms with Gasteiger partial charge in [-0.15, -0.1) is 12.8 Å². The van der Waals surface area contributed by atoms with E-state index in [-0.39, 0.29) is 37.3 Å². The molecule has 0 heterocycles. The maximum Gasteiger partial charge on any atom is 2.00 e. The number of allylic oxidation sites excluding steroid dienone is 8. The van der Waals surface area contributed by atoms with Gasteiger partial charge < -0.3 is 19.8 Å². The quantitative estimate of drug-likeness (QED) is 0.642. The Morgan fingerprint density at radius 1 is 0.655 bits per heavy atom. The minimum absolute atomic E-state index is 0. The van der Waals surface area contributed by atoms with E-state index in [0.717, 1.165) is 12.8 Å². The molecule has 2 aromatic rings. The van der Waals surface area contributed by atoms with Crippen LogP contribution in [-0.2, 0) is 26.2 Å². The van der Waals surface area contributed by atoms with E-state index in [1.165, 1.54) is 24.3 Å². The number of rotatable bonds is 2. The van der Waals surface area contributed by atoms with E-state index >= 15 is 0 Å². The Morgan fingerprint density at radius 2 is 1.00 bits per heavy atom. The molecular weight excluding hydrogens is 443 g/mol. The van der Waals surface area contributed by atoms with Crippen molar-refractivity contribution in [3.63, 3.8) is 0 Å². The normalized spacial score (nSPS) is 11.6. The third kappa shape index (κ3) is 14.0. The molecule has 0 aliphatic heterocycles. The Bertz CT molecular complexity index is 731. The summed E-state index contributed by atoms with van der Waals surface area (Å²) in [6.07, 6.45) is 20.0. The third-order valence-electron chi connectivity index (χ3n) is 3.19. The van der Waals surface area contributed by atoms with E-state index in [2.05, 4.69) is 24.3 Å². The van der Waals surface area contributed by atoms with Gasteiger partial charge in [0.25, 0.3) is 0 Å². The standard InChI is InChI=1S/2C7H6O2.2C5H5.Zr/c2*8-7(9)6-4-2-1-3-5-6;2*1-2-4-5-3-1;/h2*1-5H,(H,8,9);2*1-3H,4H2;/q;;2*-1;+2/p-2. The fourth-order valence-corrected chi connectivity index (χ4v) is 1.83. The van der Waals surface area contributed by atoms with Crippen molar-refractivity contribution in [2.45, 2.75) is 12.8 Å². The van der Waals surface area contributed by atoms with Crippen LogP contribution in [0.3, 0.4) is 0 Å². The molecule has 0 amide bonds. The van der Waals surface area contributed by atoms with Crippen molar-refractivity contribution in [3.8, 4) is 0 Å². The van der Waals surface area contributed by atoms with Crippen molar-refractivity contribution >= 4 is 11.9 Å². The van der Waals surface area contributed by atoms with Gasteiger partial charge in [0.2, 0.25) is 0 Å². The first-order chi connectivity index (χ1) is 13.6. The zero-order valence-electron chi connectivity index (χ0n) is 15.8. The number of hydrogen-bond acceptors (Lipinski definition) is 4. The molecule has 0 saturated carbocycles. The summed E-state index contributed by atoms with van der Waals surface area (Å²) in [7, 11) is 0. The van der Waals surface area contributed by atoms with Crippen molar-refractivity contribution in [2.75, 3.05) is 0 Å². The fourth-order valence-electron chi connectivity index (χ4n) is 1.83. The van der Waals surface area contributed by atoms with Gasteiger partial charge in [-0.1, -0.05) is 60.7 Å². The number of carbonyl (C=O) groups excluding carboxylic acids is 2. The summed E-state index contributed by atoms with van der Waals surface area (Å²) < 4.78 is 0. The Labute approximate surface area is 190 Å². The van der Waals surface area contributed by atoms with Gasteiger partial charge in [0.1, 0.15) is 0 Å². The molecule has 0 bridgehead atoms. The van der Waals surface area contributed by atoms with Gasteiger partial charge >= 0.3 is 26.2 Å². The molecule has 0 fully saturated rings. The van der Waals surface area contributed by atoms with Crippen LogP contribution in [0.2, 0.25) is 0 Å². The molecule has 2 aliphatic rings. The first-order valence-corrected chi connectivity index (χ1v) is 8.57. The van der Waals surface area contributed by atoms with E-state index in [1.807, 2.05) is 24.3 Å². The van der Waals surface area contributed by atoms with Gasteiger partial charge in [-0.25, -0.2) is 24.3 Å². The molecule has 146 valence electrons. The summed E-state index contributed by atoms with van der Waals surface area (Å²) in [6.45, 7) is 0. The molecular formula is C24H20O4Zr-2. The van der Waals surface area contributed by atoms with E-state index < -0.39 is 11.9 Å². The van der Waals surface area contributed by atoms with Crippen LogP contribution >= 0.6 is 0 Å². The Hall–Kier alpha value is -2.78. The fraction of sp³-hybridized carbons (Fsp3) is 0.0833. The van der Waals surface area contributed by atoms with Crippen LogP contribution in [-0.4, -0.2) is 11.9 Å². The van der Waals surface area contributed by atoms with Crippen LogP contribution in [0, 0.1) is 12.2 Å². The molecule has 0 radical (unpaired) electrons. The summed E-state index contributed by atoms with van der Waals surface area (Å²) in [5.74, 6) is -2.26. The van der Waals surface area contributed by atoms with E-state index in [1.54, 1.807) is 36.4 Å². The van der Waals surface area contributed by atoms with Crippen molar-refractivity contribution in [3.05, 3.63) is 120 Å². The van der Waals surface area contributed by atoms with Crippen molar-refractivity contribution < 1.29 is 46.0 Å². The van der Waals surface area contributed by atoms with E-state index in [9.17, 15) is 19.8 Å². The number of carboxylic acid groups (broad SMARTS) is 2. The second kappa shape index (κ2) is 17.3. The zero-order chi connectivity index (χ0) is 20.5. The van der Waals surface area contributed by atoms with Crippen LogP contribution in [0.15, 0.2) is 97.1 Å². The maximum atomic E-state index is 10.1. The smallest absolute Gasteiger partial charge is 0.545 e. The molecule has 2 aromatic carbocycles. The molecule has 0 aromatic heterocycles. The summed E-state index contributed by atoms with van der Waals surface area (Å²) in [5, 5.41) is 20.2. The first-order valence-electron chi connectivity index (χ1n) is 8.57. The van der Waals surface area contributed by atoms with Gasteiger partial charge in [-0.05, 0) is 11.1 Å². The monoisotopic (exact) mass is 462 g/mol. The molecule has 5 heteroatoms. The molecule has 2 aliphatic carbocycles. The van der Waals surface area contributed by atoms with Gasteiger partial charge in [-0.3, -0.25) is 12.2 Å². The van der Waals surface area contributed by atoms with Crippen LogP contribution < -0.4 is 10.2 Å². The third-order valence-corrected chi connectivity index (χ3v) is 3.19. The van der Waals surface area contributed by atoms with Crippen LogP contribution in [0.1, 0.15) is 33.6 Å². The van der Waals surface area contributed by atoms with Gasteiger partial charge in [-0.2, -0.15) is 12.2 Å². The molecule has 0 saturated heterocycles. The van der Waals surface area contributed by atoms with Crippen LogP contribution in [0.25, 0.3) is 0 Å².